The standard InChI is InChI=1S/C18H36N2O/c1-14(2)13-21-17-11-16(18(17,4)5)19-12-15(3)20-9-7-6-8-10-20/h14-17,19H,6-13H2,1-5H3. The van der Waals surface area contributed by atoms with Gasteiger partial charge in [0.1, 0.15) is 0 Å². The van der Waals surface area contributed by atoms with Gasteiger partial charge in [0, 0.05) is 30.7 Å². The first-order chi connectivity index (χ1) is 9.91. The molecule has 3 unspecified atom stereocenters. The number of likely N-dealkylation sites (tertiary alicyclic amines) is 1. The molecule has 1 heterocycles. The minimum atomic E-state index is 0.274. The van der Waals surface area contributed by atoms with Crippen LogP contribution in [-0.4, -0.2) is 49.3 Å². The number of nitrogens with one attached hydrogen (secondary N) is 1. The molecule has 0 aromatic heterocycles. The molecule has 1 saturated carbocycles. The molecular formula is C18H36N2O. The lowest BCUT2D eigenvalue weighted by molar-refractivity contribution is -0.124. The van der Waals surface area contributed by atoms with Gasteiger partial charge in [0.25, 0.3) is 0 Å². The van der Waals surface area contributed by atoms with E-state index in [0.29, 0.717) is 24.1 Å². The predicted molar refractivity (Wildman–Crippen MR) is 89.7 cm³/mol. The van der Waals surface area contributed by atoms with E-state index in [0.717, 1.165) is 13.2 Å². The Morgan fingerprint density at radius 1 is 1.14 bits per heavy atom. The number of rotatable bonds is 7. The maximum atomic E-state index is 6.06. The Hall–Kier alpha value is -0.120. The highest BCUT2D eigenvalue weighted by Crippen LogP contribution is 2.42. The predicted octanol–water partition coefficient (Wildman–Crippen LogP) is 3.29. The summed E-state index contributed by atoms with van der Waals surface area (Å²) in [6.07, 6.45) is 5.78. The molecule has 0 bridgehead atoms. The van der Waals surface area contributed by atoms with Gasteiger partial charge in [-0.05, 0) is 45.2 Å². The lowest BCUT2D eigenvalue weighted by Gasteiger charge is -2.52. The number of nitrogens with zero attached hydrogens (tertiary/aromatic N) is 1. The average molecular weight is 296 g/mol. The second kappa shape index (κ2) is 7.43. The number of ether oxygens (including phenoxy) is 1. The van der Waals surface area contributed by atoms with Crippen molar-refractivity contribution in [1.29, 1.82) is 0 Å². The van der Waals surface area contributed by atoms with Gasteiger partial charge in [0.2, 0.25) is 0 Å². The molecule has 0 amide bonds. The molecule has 0 aromatic carbocycles. The van der Waals surface area contributed by atoms with Crippen LogP contribution >= 0.6 is 0 Å². The summed E-state index contributed by atoms with van der Waals surface area (Å²) in [4.78, 5) is 2.65. The molecule has 0 spiro atoms. The van der Waals surface area contributed by atoms with E-state index >= 15 is 0 Å². The highest BCUT2D eigenvalue weighted by Gasteiger charge is 2.48. The van der Waals surface area contributed by atoms with Crippen LogP contribution in [0, 0.1) is 11.3 Å². The Labute approximate surface area is 131 Å². The Bertz CT molecular complexity index is 310. The molecule has 3 nitrogen and oxygen atoms in total. The number of hydrogen-bond acceptors (Lipinski definition) is 3. The van der Waals surface area contributed by atoms with Crippen LogP contribution in [0.25, 0.3) is 0 Å². The SMILES string of the molecule is CC(C)COC1CC(NCC(C)N2CCCCC2)C1(C)C. The molecule has 3 heteroatoms. The smallest absolute Gasteiger partial charge is 0.0656 e. The molecule has 2 fully saturated rings. The van der Waals surface area contributed by atoms with Crippen molar-refractivity contribution in [2.75, 3.05) is 26.2 Å². The van der Waals surface area contributed by atoms with Crippen LogP contribution in [-0.2, 0) is 4.74 Å². The van der Waals surface area contributed by atoms with E-state index in [1.807, 2.05) is 0 Å². The van der Waals surface area contributed by atoms with Crippen LogP contribution in [0.2, 0.25) is 0 Å². The van der Waals surface area contributed by atoms with Crippen molar-refractivity contribution in [3.8, 4) is 0 Å². The summed E-state index contributed by atoms with van der Waals surface area (Å²) >= 11 is 0. The molecule has 124 valence electrons. The maximum Gasteiger partial charge on any atom is 0.0656 e. The van der Waals surface area contributed by atoms with Gasteiger partial charge in [0.15, 0.2) is 0 Å². The Kier molecular flexibility index (Phi) is 6.10. The molecule has 1 saturated heterocycles. The quantitative estimate of drug-likeness (QED) is 0.780. The number of hydrogen-bond donors (Lipinski definition) is 1. The van der Waals surface area contributed by atoms with Crippen molar-refractivity contribution >= 4 is 0 Å². The Morgan fingerprint density at radius 3 is 2.38 bits per heavy atom. The lowest BCUT2D eigenvalue weighted by atomic mass is 9.64. The zero-order valence-electron chi connectivity index (χ0n) is 14.8. The summed E-state index contributed by atoms with van der Waals surface area (Å²) in [5.74, 6) is 0.631. The van der Waals surface area contributed by atoms with Gasteiger partial charge in [-0.1, -0.05) is 34.1 Å². The van der Waals surface area contributed by atoms with E-state index in [1.165, 1.54) is 38.8 Å². The number of piperidine rings is 1. The van der Waals surface area contributed by atoms with Crippen LogP contribution in [0.5, 0.6) is 0 Å². The van der Waals surface area contributed by atoms with E-state index < -0.39 is 0 Å². The van der Waals surface area contributed by atoms with Crippen molar-refractivity contribution in [2.24, 2.45) is 11.3 Å². The van der Waals surface area contributed by atoms with Crippen molar-refractivity contribution in [3.05, 3.63) is 0 Å². The fourth-order valence-corrected chi connectivity index (χ4v) is 3.62. The molecule has 0 radical (unpaired) electrons. The van der Waals surface area contributed by atoms with Gasteiger partial charge >= 0.3 is 0 Å². The summed E-state index contributed by atoms with van der Waals surface area (Å²) in [5.41, 5.74) is 0.274. The highest BCUT2D eigenvalue weighted by atomic mass is 16.5. The third-order valence-electron chi connectivity index (χ3n) is 5.48. The molecule has 2 rings (SSSR count). The van der Waals surface area contributed by atoms with Gasteiger partial charge in [-0.15, -0.1) is 0 Å². The summed E-state index contributed by atoms with van der Waals surface area (Å²) in [6, 6.07) is 1.28. The van der Waals surface area contributed by atoms with Crippen LogP contribution in [0.1, 0.15) is 60.3 Å². The molecule has 1 N–H and O–H groups in total. The summed E-state index contributed by atoms with van der Waals surface area (Å²) in [6.45, 7) is 16.1. The summed E-state index contributed by atoms with van der Waals surface area (Å²) < 4.78 is 6.06. The summed E-state index contributed by atoms with van der Waals surface area (Å²) in [7, 11) is 0. The molecular weight excluding hydrogens is 260 g/mol. The van der Waals surface area contributed by atoms with Gasteiger partial charge in [-0.2, -0.15) is 0 Å². The van der Waals surface area contributed by atoms with E-state index in [1.54, 1.807) is 0 Å². The third kappa shape index (κ3) is 4.43. The third-order valence-corrected chi connectivity index (χ3v) is 5.48. The molecule has 2 aliphatic rings. The monoisotopic (exact) mass is 296 g/mol. The average Bonchev–Trinajstić information content (AvgIpc) is 2.46. The molecule has 21 heavy (non-hydrogen) atoms. The normalized spacial score (nSPS) is 31.1. The van der Waals surface area contributed by atoms with Gasteiger partial charge in [0.05, 0.1) is 6.10 Å². The van der Waals surface area contributed by atoms with Gasteiger partial charge in [-0.25, -0.2) is 0 Å². The first kappa shape index (κ1) is 17.2. The van der Waals surface area contributed by atoms with Crippen LogP contribution in [0.3, 0.4) is 0 Å². The summed E-state index contributed by atoms with van der Waals surface area (Å²) in [5, 5.41) is 3.80. The second-order valence-corrected chi connectivity index (χ2v) is 8.18. The maximum absolute atomic E-state index is 6.06. The topological polar surface area (TPSA) is 24.5 Å². The van der Waals surface area contributed by atoms with Crippen LogP contribution in [0.15, 0.2) is 0 Å². The van der Waals surface area contributed by atoms with E-state index in [2.05, 4.69) is 44.8 Å². The minimum Gasteiger partial charge on any atom is -0.377 e. The van der Waals surface area contributed by atoms with Crippen LogP contribution in [0.4, 0.5) is 0 Å². The molecule has 3 atom stereocenters. The van der Waals surface area contributed by atoms with Gasteiger partial charge in [-0.3, -0.25) is 4.90 Å². The van der Waals surface area contributed by atoms with E-state index in [4.69, 9.17) is 4.74 Å². The minimum absolute atomic E-state index is 0.274. The second-order valence-electron chi connectivity index (χ2n) is 8.18. The van der Waals surface area contributed by atoms with E-state index in [-0.39, 0.29) is 5.41 Å². The zero-order chi connectivity index (χ0) is 15.5. The van der Waals surface area contributed by atoms with Crippen molar-refractivity contribution in [2.45, 2.75) is 78.5 Å². The first-order valence-electron chi connectivity index (χ1n) is 9.00. The molecule has 0 aromatic rings. The van der Waals surface area contributed by atoms with Crippen LogP contribution < -0.4 is 5.32 Å². The zero-order valence-corrected chi connectivity index (χ0v) is 14.8. The highest BCUT2D eigenvalue weighted by molar-refractivity contribution is 5.03. The first-order valence-corrected chi connectivity index (χ1v) is 9.00. The lowest BCUT2D eigenvalue weighted by Crippen LogP contribution is -2.62. The van der Waals surface area contributed by atoms with Crippen molar-refractivity contribution in [3.63, 3.8) is 0 Å². The van der Waals surface area contributed by atoms with Crippen molar-refractivity contribution < 1.29 is 4.74 Å². The van der Waals surface area contributed by atoms with Gasteiger partial charge < -0.3 is 10.1 Å². The fourth-order valence-electron chi connectivity index (χ4n) is 3.62. The molecule has 1 aliphatic heterocycles. The van der Waals surface area contributed by atoms with Crippen molar-refractivity contribution in [1.82, 2.24) is 10.2 Å². The Balaban J connectivity index is 1.69. The molecule has 1 aliphatic carbocycles. The Morgan fingerprint density at radius 2 is 1.81 bits per heavy atom. The largest absolute Gasteiger partial charge is 0.377 e. The van der Waals surface area contributed by atoms with E-state index in [9.17, 15) is 0 Å². The fraction of sp³-hybridized carbons (Fsp3) is 1.00.